The lowest BCUT2D eigenvalue weighted by atomic mass is 10.1. The lowest BCUT2D eigenvalue weighted by Crippen LogP contribution is -2.49. The number of sulfonamides is 1. The van der Waals surface area contributed by atoms with Crippen LogP contribution in [0.3, 0.4) is 0 Å². The summed E-state index contributed by atoms with van der Waals surface area (Å²) >= 11 is 0. The number of aromatic nitrogens is 2. The fourth-order valence-electron chi connectivity index (χ4n) is 3.51. The van der Waals surface area contributed by atoms with E-state index in [1.54, 1.807) is 30.3 Å². The van der Waals surface area contributed by atoms with Gasteiger partial charge in [0.1, 0.15) is 11.0 Å². The number of piperazine rings is 1. The van der Waals surface area contributed by atoms with Crippen LogP contribution in [0.4, 0.5) is 5.69 Å². The Labute approximate surface area is 174 Å². The molecule has 1 fully saturated rings. The monoisotopic (exact) mass is 429 g/mol. The molecule has 1 aromatic heterocycles. The maximum atomic E-state index is 12.8. The van der Waals surface area contributed by atoms with Crippen LogP contribution < -0.4 is 4.72 Å². The fourth-order valence-corrected chi connectivity index (χ4v) is 4.08. The Morgan fingerprint density at radius 2 is 1.73 bits per heavy atom. The van der Waals surface area contributed by atoms with Gasteiger partial charge in [0.15, 0.2) is 0 Å². The van der Waals surface area contributed by atoms with Gasteiger partial charge in [-0.05, 0) is 52.6 Å². The normalized spacial score (nSPS) is 15.4. The average Bonchev–Trinajstić information content (AvgIpc) is 3.20. The van der Waals surface area contributed by atoms with Gasteiger partial charge < -0.3 is 4.90 Å². The molecule has 158 valence electrons. The zero-order valence-electron chi connectivity index (χ0n) is 16.6. The number of carbonyl (C=O) groups is 1. The number of hydrogen-bond donors (Lipinski definition) is 1. The molecular formula is C20H23N5O4S. The Kier molecular flexibility index (Phi) is 5.69. The molecule has 9 nitrogen and oxygen atoms in total. The largest absolute Gasteiger partial charge is 0.336 e. The number of amides is 1. The van der Waals surface area contributed by atoms with Gasteiger partial charge in [0.2, 0.25) is 10.0 Å². The standard InChI is InChI=1S/C20H23N5O4S/c1-30(27,28)23-17-5-2-15(3-6-17)8-9-24-10-12-25(13-11-24)20(26)16-4-7-18-19(14-16)22-29-21-18/h2-7,14,23H,8-13H2,1H3. The van der Waals surface area contributed by atoms with Crippen molar-refractivity contribution in [3.8, 4) is 0 Å². The van der Waals surface area contributed by atoms with E-state index in [0.29, 0.717) is 35.4 Å². The summed E-state index contributed by atoms with van der Waals surface area (Å²) in [6, 6.07) is 12.6. The molecule has 1 aliphatic heterocycles. The smallest absolute Gasteiger partial charge is 0.254 e. The van der Waals surface area contributed by atoms with Crippen LogP contribution in [0.25, 0.3) is 11.0 Å². The van der Waals surface area contributed by atoms with E-state index in [0.717, 1.165) is 37.9 Å². The molecular weight excluding hydrogens is 406 g/mol. The summed E-state index contributed by atoms with van der Waals surface area (Å²) in [6.45, 7) is 3.86. The lowest BCUT2D eigenvalue weighted by molar-refractivity contribution is 0.0638. The highest BCUT2D eigenvalue weighted by molar-refractivity contribution is 7.92. The second kappa shape index (κ2) is 8.41. The minimum atomic E-state index is -3.26. The number of benzene rings is 2. The van der Waals surface area contributed by atoms with Crippen LogP contribution in [-0.2, 0) is 16.4 Å². The molecule has 2 heterocycles. The van der Waals surface area contributed by atoms with Crippen LogP contribution in [0, 0.1) is 0 Å². The molecule has 0 unspecified atom stereocenters. The molecule has 0 saturated carbocycles. The zero-order valence-corrected chi connectivity index (χ0v) is 17.4. The third-order valence-corrected chi connectivity index (χ3v) is 5.74. The van der Waals surface area contributed by atoms with Crippen LogP contribution in [0.15, 0.2) is 47.1 Å². The molecule has 2 aromatic carbocycles. The summed E-state index contributed by atoms with van der Waals surface area (Å²) in [5, 5.41) is 7.56. The van der Waals surface area contributed by atoms with Crippen molar-refractivity contribution < 1.29 is 17.8 Å². The number of nitrogens with one attached hydrogen (secondary N) is 1. The predicted molar refractivity (Wildman–Crippen MR) is 113 cm³/mol. The molecule has 0 radical (unpaired) electrons. The number of hydrogen-bond acceptors (Lipinski definition) is 7. The Balaban J connectivity index is 1.26. The molecule has 1 aliphatic rings. The van der Waals surface area contributed by atoms with E-state index in [1.807, 2.05) is 17.0 Å². The number of carbonyl (C=O) groups excluding carboxylic acids is 1. The highest BCUT2D eigenvalue weighted by Gasteiger charge is 2.22. The van der Waals surface area contributed by atoms with Crippen LogP contribution >= 0.6 is 0 Å². The predicted octanol–water partition coefficient (Wildman–Crippen LogP) is 1.59. The Hall–Kier alpha value is -2.98. The summed E-state index contributed by atoms with van der Waals surface area (Å²) in [6.07, 6.45) is 2.00. The molecule has 1 N–H and O–H groups in total. The highest BCUT2D eigenvalue weighted by Crippen LogP contribution is 2.16. The topological polar surface area (TPSA) is 109 Å². The molecule has 0 aliphatic carbocycles. The number of nitrogens with zero attached hydrogens (tertiary/aromatic N) is 4. The maximum absolute atomic E-state index is 12.8. The van der Waals surface area contributed by atoms with E-state index in [1.165, 1.54) is 0 Å². The minimum absolute atomic E-state index is 0.00600. The van der Waals surface area contributed by atoms with Crippen molar-refractivity contribution >= 4 is 32.7 Å². The van der Waals surface area contributed by atoms with E-state index in [4.69, 9.17) is 0 Å². The first-order chi connectivity index (χ1) is 14.4. The van der Waals surface area contributed by atoms with E-state index in [-0.39, 0.29) is 5.91 Å². The van der Waals surface area contributed by atoms with Crippen molar-refractivity contribution in [1.29, 1.82) is 0 Å². The molecule has 30 heavy (non-hydrogen) atoms. The maximum Gasteiger partial charge on any atom is 0.254 e. The van der Waals surface area contributed by atoms with Gasteiger partial charge in [-0.1, -0.05) is 12.1 Å². The average molecular weight is 430 g/mol. The van der Waals surface area contributed by atoms with Crippen molar-refractivity contribution in [2.75, 3.05) is 43.7 Å². The molecule has 1 amide bonds. The van der Waals surface area contributed by atoms with Crippen molar-refractivity contribution in [1.82, 2.24) is 20.1 Å². The minimum Gasteiger partial charge on any atom is -0.336 e. The van der Waals surface area contributed by atoms with Gasteiger partial charge in [-0.2, -0.15) is 0 Å². The lowest BCUT2D eigenvalue weighted by Gasteiger charge is -2.34. The summed E-state index contributed by atoms with van der Waals surface area (Å²) in [5.74, 6) is -0.00600. The Bertz CT molecular complexity index is 1140. The Morgan fingerprint density at radius 3 is 2.43 bits per heavy atom. The zero-order chi connectivity index (χ0) is 21.1. The van der Waals surface area contributed by atoms with Crippen molar-refractivity contribution in [2.45, 2.75) is 6.42 Å². The summed E-state index contributed by atoms with van der Waals surface area (Å²) < 4.78 is 29.7. The van der Waals surface area contributed by atoms with E-state index < -0.39 is 10.0 Å². The molecule has 0 bridgehead atoms. The third-order valence-electron chi connectivity index (χ3n) is 5.13. The van der Waals surface area contributed by atoms with Gasteiger partial charge in [-0.25, -0.2) is 13.0 Å². The molecule has 3 aromatic rings. The Morgan fingerprint density at radius 1 is 1.03 bits per heavy atom. The van der Waals surface area contributed by atoms with Gasteiger partial charge in [0, 0.05) is 44.0 Å². The SMILES string of the molecule is CS(=O)(=O)Nc1ccc(CCN2CCN(C(=O)c3ccc4nonc4c3)CC2)cc1. The first kappa shape index (κ1) is 20.3. The van der Waals surface area contributed by atoms with Gasteiger partial charge in [0.05, 0.1) is 6.26 Å². The molecule has 0 spiro atoms. The number of fused-ring (bicyclic) bond motifs is 1. The highest BCUT2D eigenvalue weighted by atomic mass is 32.2. The fraction of sp³-hybridized carbons (Fsp3) is 0.350. The summed E-state index contributed by atoms with van der Waals surface area (Å²) in [4.78, 5) is 17.0. The first-order valence-electron chi connectivity index (χ1n) is 9.68. The number of rotatable bonds is 6. The second-order valence-electron chi connectivity index (χ2n) is 7.42. The molecule has 10 heteroatoms. The number of anilines is 1. The van der Waals surface area contributed by atoms with Gasteiger partial charge in [0.25, 0.3) is 5.91 Å². The molecule has 0 atom stereocenters. The van der Waals surface area contributed by atoms with Crippen LogP contribution in [0.5, 0.6) is 0 Å². The molecule has 4 rings (SSSR count). The van der Waals surface area contributed by atoms with Crippen molar-refractivity contribution in [3.63, 3.8) is 0 Å². The quantitative estimate of drug-likeness (QED) is 0.634. The van der Waals surface area contributed by atoms with E-state index >= 15 is 0 Å². The van der Waals surface area contributed by atoms with Crippen molar-refractivity contribution in [3.05, 3.63) is 53.6 Å². The van der Waals surface area contributed by atoms with Crippen LogP contribution in [0.2, 0.25) is 0 Å². The first-order valence-corrected chi connectivity index (χ1v) is 11.6. The van der Waals surface area contributed by atoms with Gasteiger partial charge >= 0.3 is 0 Å². The summed E-state index contributed by atoms with van der Waals surface area (Å²) in [7, 11) is -3.26. The van der Waals surface area contributed by atoms with E-state index in [2.05, 4.69) is 24.6 Å². The van der Waals surface area contributed by atoms with Crippen LogP contribution in [-0.4, -0.2) is 73.4 Å². The third kappa shape index (κ3) is 4.95. The van der Waals surface area contributed by atoms with Gasteiger partial charge in [-0.15, -0.1) is 0 Å². The summed E-state index contributed by atoms with van der Waals surface area (Å²) in [5.41, 5.74) is 3.51. The van der Waals surface area contributed by atoms with E-state index in [9.17, 15) is 13.2 Å². The van der Waals surface area contributed by atoms with Crippen LogP contribution in [0.1, 0.15) is 15.9 Å². The molecule has 1 saturated heterocycles. The second-order valence-corrected chi connectivity index (χ2v) is 9.17. The van der Waals surface area contributed by atoms with Gasteiger partial charge in [-0.3, -0.25) is 14.4 Å². The van der Waals surface area contributed by atoms with Crippen molar-refractivity contribution in [2.24, 2.45) is 0 Å².